The number of amides is 2. The summed E-state index contributed by atoms with van der Waals surface area (Å²) < 4.78 is 0. The molecule has 0 atom stereocenters. The number of hydrogen-bond acceptors (Lipinski definition) is 2. The Labute approximate surface area is 158 Å². The van der Waals surface area contributed by atoms with E-state index in [1.165, 1.54) is 0 Å². The molecule has 4 nitrogen and oxygen atoms in total. The van der Waals surface area contributed by atoms with Crippen LogP contribution in [-0.4, -0.2) is 11.8 Å². The third-order valence-corrected chi connectivity index (χ3v) is 4.62. The first-order valence-corrected chi connectivity index (χ1v) is 9.07. The van der Waals surface area contributed by atoms with E-state index in [4.69, 9.17) is 0 Å². The van der Waals surface area contributed by atoms with E-state index < -0.39 is 0 Å². The second-order valence-corrected chi connectivity index (χ2v) is 6.71. The number of hydrogen-bond donors (Lipinski definition) is 2. The molecular formula is C23H20N2O2. The summed E-state index contributed by atoms with van der Waals surface area (Å²) in [5, 5.41) is 5.87. The number of benzene rings is 3. The van der Waals surface area contributed by atoms with Crippen molar-refractivity contribution in [2.75, 3.05) is 10.6 Å². The lowest BCUT2D eigenvalue weighted by Crippen LogP contribution is -2.14. The summed E-state index contributed by atoms with van der Waals surface area (Å²) in [6.07, 6.45) is 1.93. The van der Waals surface area contributed by atoms with Crippen LogP contribution in [0.5, 0.6) is 0 Å². The van der Waals surface area contributed by atoms with E-state index in [0.29, 0.717) is 11.3 Å². The summed E-state index contributed by atoms with van der Waals surface area (Å²) in [5.74, 6) is 0.0323. The quantitative estimate of drug-likeness (QED) is 0.679. The Hall–Kier alpha value is -3.40. The van der Waals surface area contributed by atoms with Crippen LogP contribution in [0.15, 0.2) is 78.9 Å². The van der Waals surface area contributed by atoms with E-state index in [-0.39, 0.29) is 17.7 Å². The minimum Gasteiger partial charge on any atom is -0.326 e. The van der Waals surface area contributed by atoms with Crippen molar-refractivity contribution in [2.45, 2.75) is 12.8 Å². The van der Waals surface area contributed by atoms with Gasteiger partial charge in [-0.1, -0.05) is 48.5 Å². The van der Waals surface area contributed by atoms with Crippen molar-refractivity contribution in [2.24, 2.45) is 5.92 Å². The maximum Gasteiger partial charge on any atom is 0.255 e. The number of carbonyl (C=O) groups is 2. The van der Waals surface area contributed by atoms with Crippen LogP contribution in [0.2, 0.25) is 0 Å². The number of para-hydroxylation sites is 1. The van der Waals surface area contributed by atoms with Crippen LogP contribution in [0.25, 0.3) is 11.1 Å². The van der Waals surface area contributed by atoms with Gasteiger partial charge < -0.3 is 10.6 Å². The van der Waals surface area contributed by atoms with Gasteiger partial charge in [0.15, 0.2) is 0 Å². The molecule has 3 aromatic carbocycles. The van der Waals surface area contributed by atoms with E-state index in [2.05, 4.69) is 10.6 Å². The molecule has 4 rings (SSSR count). The Morgan fingerprint density at radius 1 is 0.741 bits per heavy atom. The van der Waals surface area contributed by atoms with Gasteiger partial charge in [0, 0.05) is 28.4 Å². The molecule has 1 aliphatic rings. The van der Waals surface area contributed by atoms with Gasteiger partial charge >= 0.3 is 0 Å². The van der Waals surface area contributed by atoms with Crippen LogP contribution in [0.4, 0.5) is 11.4 Å². The molecule has 1 fully saturated rings. The minimum absolute atomic E-state index is 0.0592. The topological polar surface area (TPSA) is 58.2 Å². The fourth-order valence-corrected chi connectivity index (χ4v) is 2.95. The fourth-order valence-electron chi connectivity index (χ4n) is 2.95. The van der Waals surface area contributed by atoms with Crippen molar-refractivity contribution in [3.8, 4) is 11.1 Å². The van der Waals surface area contributed by atoms with E-state index in [1.54, 1.807) is 24.3 Å². The van der Waals surface area contributed by atoms with Crippen LogP contribution in [0.3, 0.4) is 0 Å². The maximum atomic E-state index is 12.7. The second-order valence-electron chi connectivity index (χ2n) is 6.71. The first-order valence-electron chi connectivity index (χ1n) is 9.07. The van der Waals surface area contributed by atoms with Gasteiger partial charge in [0.25, 0.3) is 5.91 Å². The van der Waals surface area contributed by atoms with Crippen LogP contribution in [-0.2, 0) is 4.79 Å². The number of anilines is 2. The van der Waals surface area contributed by atoms with Crippen molar-refractivity contribution >= 4 is 23.2 Å². The first-order chi connectivity index (χ1) is 13.2. The molecule has 0 heterocycles. The molecule has 2 amide bonds. The van der Waals surface area contributed by atoms with Crippen molar-refractivity contribution in [3.63, 3.8) is 0 Å². The molecular weight excluding hydrogens is 336 g/mol. The molecule has 0 spiro atoms. The van der Waals surface area contributed by atoms with Crippen molar-refractivity contribution in [1.82, 2.24) is 0 Å². The van der Waals surface area contributed by atoms with Crippen LogP contribution >= 0.6 is 0 Å². The summed E-state index contributed by atoms with van der Waals surface area (Å²) in [5.41, 5.74) is 4.04. The first kappa shape index (κ1) is 17.0. The molecule has 0 saturated heterocycles. The van der Waals surface area contributed by atoms with Gasteiger partial charge in [0.2, 0.25) is 5.91 Å². The summed E-state index contributed by atoms with van der Waals surface area (Å²) in [4.78, 5) is 24.5. The molecule has 3 aromatic rings. The molecule has 0 radical (unpaired) electrons. The number of carbonyl (C=O) groups excluding carboxylic acids is 2. The SMILES string of the molecule is O=C(Nc1ccccc1-c1ccccc1)c1ccc(NC(=O)C2CC2)cc1. The van der Waals surface area contributed by atoms with Gasteiger partial charge in [-0.15, -0.1) is 0 Å². The lowest BCUT2D eigenvalue weighted by molar-refractivity contribution is -0.117. The van der Waals surface area contributed by atoms with Gasteiger partial charge in [0.05, 0.1) is 0 Å². The zero-order valence-electron chi connectivity index (χ0n) is 14.8. The molecule has 2 N–H and O–H groups in total. The molecule has 0 bridgehead atoms. The van der Waals surface area contributed by atoms with Gasteiger partial charge in [0.1, 0.15) is 0 Å². The highest BCUT2D eigenvalue weighted by Crippen LogP contribution is 2.30. The maximum absolute atomic E-state index is 12.7. The molecule has 0 aromatic heterocycles. The molecule has 27 heavy (non-hydrogen) atoms. The van der Waals surface area contributed by atoms with E-state index in [9.17, 15) is 9.59 Å². The Balaban J connectivity index is 1.49. The van der Waals surface area contributed by atoms with E-state index >= 15 is 0 Å². The normalized spacial score (nSPS) is 13.0. The van der Waals surface area contributed by atoms with Gasteiger partial charge in [-0.25, -0.2) is 0 Å². The summed E-state index contributed by atoms with van der Waals surface area (Å²) in [7, 11) is 0. The van der Waals surface area contributed by atoms with Gasteiger partial charge in [-0.05, 0) is 48.7 Å². The third-order valence-electron chi connectivity index (χ3n) is 4.62. The second kappa shape index (κ2) is 7.46. The predicted molar refractivity (Wildman–Crippen MR) is 108 cm³/mol. The Bertz CT molecular complexity index is 961. The fraction of sp³-hybridized carbons (Fsp3) is 0.130. The van der Waals surface area contributed by atoms with Crippen molar-refractivity contribution in [3.05, 3.63) is 84.4 Å². The lowest BCUT2D eigenvalue weighted by Gasteiger charge is -2.12. The van der Waals surface area contributed by atoms with Gasteiger partial charge in [-0.2, -0.15) is 0 Å². The smallest absolute Gasteiger partial charge is 0.255 e. The summed E-state index contributed by atoms with van der Waals surface area (Å²) >= 11 is 0. The summed E-state index contributed by atoms with van der Waals surface area (Å²) in [6, 6.07) is 24.7. The van der Waals surface area contributed by atoms with Crippen molar-refractivity contribution in [1.29, 1.82) is 0 Å². The third kappa shape index (κ3) is 4.06. The Morgan fingerprint density at radius 2 is 1.41 bits per heavy atom. The average molecular weight is 356 g/mol. The monoisotopic (exact) mass is 356 g/mol. The molecule has 134 valence electrons. The van der Waals surface area contributed by atoms with Crippen LogP contribution < -0.4 is 10.6 Å². The standard InChI is InChI=1S/C23H20N2O2/c26-22(17-10-11-17)24-19-14-12-18(13-15-19)23(27)25-21-9-5-4-8-20(21)16-6-2-1-3-7-16/h1-9,12-15,17H,10-11H2,(H,24,26)(H,25,27). The molecule has 1 aliphatic carbocycles. The van der Waals surface area contributed by atoms with Gasteiger partial charge in [-0.3, -0.25) is 9.59 Å². The predicted octanol–water partition coefficient (Wildman–Crippen LogP) is 4.95. The average Bonchev–Trinajstić information content (AvgIpc) is 3.55. The zero-order chi connectivity index (χ0) is 18.6. The molecule has 0 aliphatic heterocycles. The lowest BCUT2D eigenvalue weighted by atomic mass is 10.0. The highest BCUT2D eigenvalue weighted by atomic mass is 16.2. The highest BCUT2D eigenvalue weighted by Gasteiger charge is 2.29. The van der Waals surface area contributed by atoms with E-state index in [1.807, 2.05) is 54.6 Å². The molecule has 4 heteroatoms. The van der Waals surface area contributed by atoms with Crippen LogP contribution in [0.1, 0.15) is 23.2 Å². The number of nitrogens with one attached hydrogen (secondary N) is 2. The summed E-state index contributed by atoms with van der Waals surface area (Å²) in [6.45, 7) is 0. The number of rotatable bonds is 5. The Morgan fingerprint density at radius 3 is 2.11 bits per heavy atom. The highest BCUT2D eigenvalue weighted by molar-refractivity contribution is 6.06. The zero-order valence-corrected chi connectivity index (χ0v) is 14.8. The minimum atomic E-state index is -0.182. The Kier molecular flexibility index (Phi) is 4.71. The molecule has 0 unspecified atom stereocenters. The molecule has 1 saturated carbocycles. The van der Waals surface area contributed by atoms with Crippen molar-refractivity contribution < 1.29 is 9.59 Å². The van der Waals surface area contributed by atoms with Crippen LogP contribution in [0, 0.1) is 5.92 Å². The van der Waals surface area contributed by atoms with E-state index in [0.717, 1.165) is 29.7 Å². The largest absolute Gasteiger partial charge is 0.326 e.